The van der Waals surface area contributed by atoms with E-state index < -0.39 is 0 Å². The third-order valence-electron chi connectivity index (χ3n) is 2.77. The normalized spacial score (nSPS) is 11.3. The van der Waals surface area contributed by atoms with Crippen molar-refractivity contribution in [1.82, 2.24) is 0 Å². The van der Waals surface area contributed by atoms with E-state index in [0.717, 1.165) is 11.1 Å². The van der Waals surface area contributed by atoms with Crippen LogP contribution >= 0.6 is 0 Å². The molecule has 3 heteroatoms. The van der Waals surface area contributed by atoms with Crippen LogP contribution in [-0.4, -0.2) is 6.61 Å². The van der Waals surface area contributed by atoms with Gasteiger partial charge >= 0.3 is 0 Å². The van der Waals surface area contributed by atoms with Gasteiger partial charge in [-0.25, -0.2) is 4.39 Å². The second-order valence-electron chi connectivity index (χ2n) is 4.43. The standard InChI is InChI=1S/C17H16FNO/c1-13(19)16-10-9-15(18)12-17(16)20-11-5-8-14-6-3-2-4-7-14/h2-4,6-7,9-10,12-13H,11,19H2,1H3/t13-/m0/s1. The molecule has 0 aliphatic carbocycles. The van der Waals surface area contributed by atoms with Gasteiger partial charge in [0.1, 0.15) is 18.2 Å². The summed E-state index contributed by atoms with van der Waals surface area (Å²) in [5.41, 5.74) is 7.51. The predicted molar refractivity (Wildman–Crippen MR) is 77.8 cm³/mol. The number of hydrogen-bond acceptors (Lipinski definition) is 2. The molecule has 0 heterocycles. The van der Waals surface area contributed by atoms with Crippen LogP contribution in [0.3, 0.4) is 0 Å². The maximum absolute atomic E-state index is 13.2. The van der Waals surface area contributed by atoms with Gasteiger partial charge in [-0.1, -0.05) is 36.1 Å². The Morgan fingerprint density at radius 2 is 1.95 bits per heavy atom. The Morgan fingerprint density at radius 3 is 2.65 bits per heavy atom. The molecule has 2 aromatic carbocycles. The van der Waals surface area contributed by atoms with Gasteiger partial charge in [-0.05, 0) is 25.1 Å². The van der Waals surface area contributed by atoms with E-state index in [2.05, 4.69) is 11.8 Å². The topological polar surface area (TPSA) is 35.2 Å². The predicted octanol–water partition coefficient (Wildman–Crippen LogP) is 3.28. The quantitative estimate of drug-likeness (QED) is 0.868. The highest BCUT2D eigenvalue weighted by atomic mass is 19.1. The molecular weight excluding hydrogens is 253 g/mol. The minimum Gasteiger partial charge on any atom is -0.480 e. The van der Waals surface area contributed by atoms with E-state index >= 15 is 0 Å². The van der Waals surface area contributed by atoms with Gasteiger partial charge < -0.3 is 10.5 Å². The van der Waals surface area contributed by atoms with Crippen molar-refractivity contribution in [2.24, 2.45) is 5.73 Å². The van der Waals surface area contributed by atoms with Gasteiger partial charge in [0.2, 0.25) is 0 Å². The van der Waals surface area contributed by atoms with Gasteiger partial charge in [0.25, 0.3) is 0 Å². The fourth-order valence-electron chi connectivity index (χ4n) is 1.78. The Balaban J connectivity index is 2.05. The van der Waals surface area contributed by atoms with Crippen molar-refractivity contribution in [1.29, 1.82) is 0 Å². The van der Waals surface area contributed by atoms with Gasteiger partial charge in [0.15, 0.2) is 0 Å². The SMILES string of the molecule is C[C@H](N)c1ccc(F)cc1OCC#Cc1ccccc1. The Hall–Kier alpha value is -2.31. The summed E-state index contributed by atoms with van der Waals surface area (Å²) in [6.45, 7) is 2.02. The summed E-state index contributed by atoms with van der Waals surface area (Å²) in [6.07, 6.45) is 0. The first-order chi connectivity index (χ1) is 9.66. The highest BCUT2D eigenvalue weighted by Gasteiger charge is 2.08. The molecule has 2 aromatic rings. The smallest absolute Gasteiger partial charge is 0.149 e. The molecule has 2 rings (SSSR count). The zero-order chi connectivity index (χ0) is 14.4. The molecule has 0 radical (unpaired) electrons. The second kappa shape index (κ2) is 6.74. The van der Waals surface area contributed by atoms with Crippen LogP contribution in [0.25, 0.3) is 0 Å². The van der Waals surface area contributed by atoms with Crippen molar-refractivity contribution in [3.63, 3.8) is 0 Å². The highest BCUT2D eigenvalue weighted by Crippen LogP contribution is 2.24. The summed E-state index contributed by atoms with van der Waals surface area (Å²) >= 11 is 0. The Kier molecular flexibility index (Phi) is 4.75. The molecule has 0 saturated heterocycles. The van der Waals surface area contributed by atoms with Crippen molar-refractivity contribution in [3.8, 4) is 17.6 Å². The first kappa shape index (κ1) is 14.1. The molecule has 0 spiro atoms. The molecule has 0 aromatic heterocycles. The number of nitrogens with two attached hydrogens (primary N) is 1. The maximum Gasteiger partial charge on any atom is 0.149 e. The van der Waals surface area contributed by atoms with Crippen LogP contribution in [0.5, 0.6) is 5.75 Å². The fourth-order valence-corrected chi connectivity index (χ4v) is 1.78. The van der Waals surface area contributed by atoms with E-state index in [0.29, 0.717) is 5.75 Å². The molecule has 2 nitrogen and oxygen atoms in total. The molecule has 1 atom stereocenters. The van der Waals surface area contributed by atoms with Gasteiger partial charge in [-0.3, -0.25) is 0 Å². The molecule has 0 aliphatic rings. The first-order valence-corrected chi connectivity index (χ1v) is 6.38. The number of halogens is 1. The van der Waals surface area contributed by atoms with Gasteiger partial charge in [0, 0.05) is 23.2 Å². The lowest BCUT2D eigenvalue weighted by Gasteiger charge is -2.12. The van der Waals surface area contributed by atoms with Crippen molar-refractivity contribution in [3.05, 3.63) is 65.5 Å². The van der Waals surface area contributed by atoms with E-state index in [-0.39, 0.29) is 18.5 Å². The molecule has 0 bridgehead atoms. The van der Waals surface area contributed by atoms with Crippen LogP contribution in [-0.2, 0) is 0 Å². The molecule has 0 fully saturated rings. The van der Waals surface area contributed by atoms with E-state index in [1.807, 2.05) is 37.3 Å². The summed E-state index contributed by atoms with van der Waals surface area (Å²) in [5.74, 6) is 5.98. The summed E-state index contributed by atoms with van der Waals surface area (Å²) in [5, 5.41) is 0. The van der Waals surface area contributed by atoms with Gasteiger partial charge in [0.05, 0.1) is 0 Å². The number of benzene rings is 2. The molecular formula is C17H16FNO. The molecule has 0 amide bonds. The van der Waals surface area contributed by atoms with Crippen LogP contribution < -0.4 is 10.5 Å². The van der Waals surface area contributed by atoms with Gasteiger partial charge in [-0.2, -0.15) is 0 Å². The summed E-state index contributed by atoms with van der Waals surface area (Å²) < 4.78 is 18.7. The largest absolute Gasteiger partial charge is 0.480 e. The Morgan fingerprint density at radius 1 is 1.20 bits per heavy atom. The van der Waals surface area contributed by atoms with Crippen molar-refractivity contribution >= 4 is 0 Å². The number of hydrogen-bond donors (Lipinski definition) is 1. The fraction of sp³-hybridized carbons (Fsp3) is 0.176. The summed E-state index contributed by atoms with van der Waals surface area (Å²) in [7, 11) is 0. The zero-order valence-corrected chi connectivity index (χ0v) is 11.3. The number of rotatable bonds is 3. The van der Waals surface area contributed by atoms with E-state index in [4.69, 9.17) is 10.5 Å². The minimum atomic E-state index is -0.347. The summed E-state index contributed by atoms with van der Waals surface area (Å²) in [4.78, 5) is 0. The van der Waals surface area contributed by atoms with Gasteiger partial charge in [-0.15, -0.1) is 0 Å². The van der Waals surface area contributed by atoms with Crippen molar-refractivity contribution in [2.75, 3.05) is 6.61 Å². The lowest BCUT2D eigenvalue weighted by molar-refractivity contribution is 0.361. The number of ether oxygens (including phenoxy) is 1. The third kappa shape index (κ3) is 3.84. The van der Waals surface area contributed by atoms with E-state index in [1.165, 1.54) is 12.1 Å². The van der Waals surface area contributed by atoms with Crippen LogP contribution in [0.4, 0.5) is 4.39 Å². The zero-order valence-electron chi connectivity index (χ0n) is 11.3. The lowest BCUT2D eigenvalue weighted by atomic mass is 10.1. The molecule has 0 aliphatic heterocycles. The summed E-state index contributed by atoms with van der Waals surface area (Å²) in [6, 6.07) is 13.8. The van der Waals surface area contributed by atoms with Crippen LogP contribution in [0.15, 0.2) is 48.5 Å². The van der Waals surface area contributed by atoms with E-state index in [9.17, 15) is 4.39 Å². The van der Waals surface area contributed by atoms with Crippen molar-refractivity contribution in [2.45, 2.75) is 13.0 Å². The van der Waals surface area contributed by atoms with Crippen LogP contribution in [0.1, 0.15) is 24.1 Å². The van der Waals surface area contributed by atoms with E-state index in [1.54, 1.807) is 6.07 Å². The third-order valence-corrected chi connectivity index (χ3v) is 2.77. The highest BCUT2D eigenvalue weighted by molar-refractivity contribution is 5.37. The molecule has 20 heavy (non-hydrogen) atoms. The monoisotopic (exact) mass is 269 g/mol. The van der Waals surface area contributed by atoms with Crippen LogP contribution in [0, 0.1) is 17.7 Å². The molecule has 0 unspecified atom stereocenters. The molecule has 0 saturated carbocycles. The second-order valence-corrected chi connectivity index (χ2v) is 4.43. The average Bonchev–Trinajstić information content (AvgIpc) is 2.44. The first-order valence-electron chi connectivity index (χ1n) is 6.38. The Bertz CT molecular complexity index is 626. The lowest BCUT2D eigenvalue weighted by Crippen LogP contribution is -2.08. The molecule has 102 valence electrons. The maximum atomic E-state index is 13.2. The Labute approximate surface area is 118 Å². The van der Waals surface area contributed by atoms with Crippen molar-refractivity contribution < 1.29 is 9.13 Å². The van der Waals surface area contributed by atoms with Crippen LogP contribution in [0.2, 0.25) is 0 Å². The average molecular weight is 269 g/mol. The molecule has 2 N–H and O–H groups in total. The minimum absolute atomic E-state index is 0.193.